The number of ether oxygens (including phenoxy) is 1. The van der Waals surface area contributed by atoms with Crippen molar-refractivity contribution in [2.45, 2.75) is 23.7 Å². The van der Waals surface area contributed by atoms with Crippen LogP contribution in [-0.4, -0.2) is 24.5 Å². The SMILES string of the molecule is COC(=O)C(Br)CNC1CCc2ccccc21. The summed E-state index contributed by atoms with van der Waals surface area (Å²) in [4.78, 5) is 11.0. The van der Waals surface area contributed by atoms with Gasteiger partial charge < -0.3 is 10.1 Å². The molecule has 17 heavy (non-hydrogen) atoms. The summed E-state index contributed by atoms with van der Waals surface area (Å²) in [6.45, 7) is 0.589. The van der Waals surface area contributed by atoms with Crippen molar-refractivity contribution in [2.75, 3.05) is 13.7 Å². The van der Waals surface area contributed by atoms with E-state index in [-0.39, 0.29) is 10.8 Å². The molecule has 0 amide bonds. The minimum absolute atomic E-state index is 0.233. The molecule has 0 radical (unpaired) electrons. The maximum atomic E-state index is 11.3. The van der Waals surface area contributed by atoms with Crippen molar-refractivity contribution in [1.82, 2.24) is 5.32 Å². The van der Waals surface area contributed by atoms with Gasteiger partial charge in [0.15, 0.2) is 0 Å². The molecule has 0 heterocycles. The molecule has 0 saturated heterocycles. The zero-order valence-electron chi connectivity index (χ0n) is 9.78. The Morgan fingerprint density at radius 1 is 1.59 bits per heavy atom. The first kappa shape index (κ1) is 12.6. The summed E-state index contributed by atoms with van der Waals surface area (Å²) >= 11 is 3.31. The van der Waals surface area contributed by atoms with Gasteiger partial charge in [-0.2, -0.15) is 0 Å². The van der Waals surface area contributed by atoms with Gasteiger partial charge in [0.2, 0.25) is 0 Å². The second-order valence-electron chi connectivity index (χ2n) is 4.19. The highest BCUT2D eigenvalue weighted by Crippen LogP contribution is 2.30. The lowest BCUT2D eigenvalue weighted by Crippen LogP contribution is -2.31. The highest BCUT2D eigenvalue weighted by atomic mass is 79.9. The Morgan fingerprint density at radius 3 is 3.12 bits per heavy atom. The molecule has 1 N–H and O–H groups in total. The standard InChI is InChI=1S/C13H16BrNO2/c1-17-13(16)11(14)8-15-12-7-6-9-4-2-3-5-10(9)12/h2-5,11-12,15H,6-8H2,1H3. The number of nitrogens with one attached hydrogen (secondary N) is 1. The van der Waals surface area contributed by atoms with Gasteiger partial charge in [-0.15, -0.1) is 0 Å². The molecule has 1 aliphatic carbocycles. The van der Waals surface area contributed by atoms with Crippen molar-refractivity contribution in [3.05, 3.63) is 35.4 Å². The van der Waals surface area contributed by atoms with Crippen LogP contribution in [0.5, 0.6) is 0 Å². The maximum Gasteiger partial charge on any atom is 0.320 e. The van der Waals surface area contributed by atoms with E-state index in [2.05, 4.69) is 50.2 Å². The highest BCUT2D eigenvalue weighted by molar-refractivity contribution is 9.10. The lowest BCUT2D eigenvalue weighted by molar-refractivity contribution is -0.139. The number of methoxy groups -OCH3 is 1. The molecule has 2 atom stereocenters. The average Bonchev–Trinajstić information content (AvgIpc) is 2.78. The highest BCUT2D eigenvalue weighted by Gasteiger charge is 2.23. The molecule has 0 fully saturated rings. The second kappa shape index (κ2) is 5.65. The molecule has 1 aliphatic rings. The first-order chi connectivity index (χ1) is 8.22. The Bertz CT molecular complexity index is 408. The van der Waals surface area contributed by atoms with Gasteiger partial charge in [-0.25, -0.2) is 0 Å². The van der Waals surface area contributed by atoms with Gasteiger partial charge in [-0.1, -0.05) is 40.2 Å². The van der Waals surface area contributed by atoms with E-state index < -0.39 is 0 Å². The molecule has 0 spiro atoms. The van der Waals surface area contributed by atoms with E-state index in [0.29, 0.717) is 12.6 Å². The fourth-order valence-electron chi connectivity index (χ4n) is 2.23. The molecule has 1 aromatic carbocycles. The molecule has 2 rings (SSSR count). The summed E-state index contributed by atoms with van der Waals surface area (Å²) < 4.78 is 4.67. The number of carbonyl (C=O) groups is 1. The smallest absolute Gasteiger partial charge is 0.320 e. The molecule has 4 heteroatoms. The van der Waals surface area contributed by atoms with Crippen LogP contribution in [0.15, 0.2) is 24.3 Å². The number of hydrogen-bond donors (Lipinski definition) is 1. The van der Waals surface area contributed by atoms with Crippen LogP contribution in [0.25, 0.3) is 0 Å². The van der Waals surface area contributed by atoms with E-state index in [0.717, 1.165) is 12.8 Å². The number of benzene rings is 1. The van der Waals surface area contributed by atoms with Crippen LogP contribution in [0.2, 0.25) is 0 Å². The Morgan fingerprint density at radius 2 is 2.35 bits per heavy atom. The van der Waals surface area contributed by atoms with Crippen LogP contribution in [0, 0.1) is 0 Å². The quantitative estimate of drug-likeness (QED) is 0.684. The first-order valence-electron chi connectivity index (χ1n) is 5.75. The van der Waals surface area contributed by atoms with E-state index in [1.54, 1.807) is 0 Å². The van der Waals surface area contributed by atoms with E-state index in [4.69, 9.17) is 0 Å². The van der Waals surface area contributed by atoms with Crippen LogP contribution >= 0.6 is 15.9 Å². The number of aryl methyl sites for hydroxylation is 1. The molecular weight excluding hydrogens is 282 g/mol. The van der Waals surface area contributed by atoms with Crippen LogP contribution in [0.3, 0.4) is 0 Å². The summed E-state index contributed by atoms with van der Waals surface area (Å²) in [7, 11) is 1.40. The van der Waals surface area contributed by atoms with Crippen molar-refractivity contribution in [3.63, 3.8) is 0 Å². The summed E-state index contributed by atoms with van der Waals surface area (Å²) in [5.41, 5.74) is 2.77. The Kier molecular flexibility index (Phi) is 4.18. The number of esters is 1. The van der Waals surface area contributed by atoms with Gasteiger partial charge in [0, 0.05) is 12.6 Å². The molecule has 3 nitrogen and oxygen atoms in total. The molecular formula is C13H16BrNO2. The van der Waals surface area contributed by atoms with Crippen molar-refractivity contribution in [3.8, 4) is 0 Å². The maximum absolute atomic E-state index is 11.3. The molecule has 0 bridgehead atoms. The van der Waals surface area contributed by atoms with Crippen LogP contribution in [0.1, 0.15) is 23.6 Å². The minimum Gasteiger partial charge on any atom is -0.468 e. The largest absolute Gasteiger partial charge is 0.468 e. The predicted octanol–water partition coefficient (Wildman–Crippen LogP) is 2.20. The molecule has 1 aromatic rings. The van der Waals surface area contributed by atoms with Gasteiger partial charge in [0.05, 0.1) is 7.11 Å². The van der Waals surface area contributed by atoms with Crippen molar-refractivity contribution < 1.29 is 9.53 Å². The topological polar surface area (TPSA) is 38.3 Å². The van der Waals surface area contributed by atoms with Gasteiger partial charge in [0.1, 0.15) is 4.83 Å². The fourth-order valence-corrected chi connectivity index (χ4v) is 2.60. The number of rotatable bonds is 4. The predicted molar refractivity (Wildman–Crippen MR) is 70.2 cm³/mol. The van der Waals surface area contributed by atoms with Crippen molar-refractivity contribution in [1.29, 1.82) is 0 Å². The molecule has 2 unspecified atom stereocenters. The third-order valence-corrected chi connectivity index (χ3v) is 3.83. The number of alkyl halides is 1. The Balaban J connectivity index is 1.92. The van der Waals surface area contributed by atoms with Crippen LogP contribution < -0.4 is 5.32 Å². The zero-order valence-corrected chi connectivity index (χ0v) is 11.4. The molecule has 0 aliphatic heterocycles. The van der Waals surface area contributed by atoms with E-state index >= 15 is 0 Å². The lowest BCUT2D eigenvalue weighted by Gasteiger charge is -2.15. The number of fused-ring (bicyclic) bond motifs is 1. The summed E-state index contributed by atoms with van der Waals surface area (Å²) in [6.07, 6.45) is 2.21. The first-order valence-corrected chi connectivity index (χ1v) is 6.67. The van der Waals surface area contributed by atoms with Gasteiger partial charge in [-0.3, -0.25) is 4.79 Å². The Labute approximate surface area is 110 Å². The summed E-state index contributed by atoms with van der Waals surface area (Å²) in [5.74, 6) is -0.233. The normalized spacial score (nSPS) is 19.8. The van der Waals surface area contributed by atoms with Crippen LogP contribution in [0.4, 0.5) is 0 Å². The minimum atomic E-state index is -0.278. The van der Waals surface area contributed by atoms with E-state index in [1.165, 1.54) is 18.2 Å². The molecule has 0 aromatic heterocycles. The van der Waals surface area contributed by atoms with E-state index in [9.17, 15) is 4.79 Å². The van der Waals surface area contributed by atoms with Gasteiger partial charge >= 0.3 is 5.97 Å². The van der Waals surface area contributed by atoms with Gasteiger partial charge in [-0.05, 0) is 24.0 Å². The van der Waals surface area contributed by atoms with Crippen molar-refractivity contribution >= 4 is 21.9 Å². The number of halogens is 1. The number of carbonyl (C=O) groups excluding carboxylic acids is 1. The zero-order chi connectivity index (χ0) is 12.3. The Hall–Kier alpha value is -0.870. The third-order valence-electron chi connectivity index (χ3n) is 3.13. The lowest BCUT2D eigenvalue weighted by atomic mass is 10.1. The summed E-state index contributed by atoms with van der Waals surface area (Å²) in [5, 5.41) is 3.41. The third kappa shape index (κ3) is 2.87. The fraction of sp³-hybridized carbons (Fsp3) is 0.462. The monoisotopic (exact) mass is 297 g/mol. The van der Waals surface area contributed by atoms with Gasteiger partial charge in [0.25, 0.3) is 0 Å². The summed E-state index contributed by atoms with van der Waals surface area (Å²) in [6, 6.07) is 8.81. The number of hydrogen-bond acceptors (Lipinski definition) is 3. The molecule has 92 valence electrons. The van der Waals surface area contributed by atoms with Crippen molar-refractivity contribution in [2.24, 2.45) is 0 Å². The second-order valence-corrected chi connectivity index (χ2v) is 5.29. The average molecular weight is 298 g/mol. The van der Waals surface area contributed by atoms with Crippen LogP contribution in [-0.2, 0) is 16.0 Å². The molecule has 0 saturated carbocycles. The van der Waals surface area contributed by atoms with E-state index in [1.807, 2.05) is 0 Å².